The van der Waals surface area contributed by atoms with Gasteiger partial charge in [0.2, 0.25) is 0 Å². The van der Waals surface area contributed by atoms with Gasteiger partial charge in [-0.05, 0) is 43.4 Å². The second-order valence-electron chi connectivity index (χ2n) is 4.73. The third-order valence-electron chi connectivity index (χ3n) is 3.37. The SMILES string of the molecule is NC1CCC(NCc2ccc(F)cc2Cl)CC1. The van der Waals surface area contributed by atoms with E-state index in [1.807, 2.05) is 0 Å². The molecule has 0 radical (unpaired) electrons. The molecule has 0 spiro atoms. The first-order valence-electron chi connectivity index (χ1n) is 6.08. The first-order valence-corrected chi connectivity index (χ1v) is 6.46. The minimum atomic E-state index is -0.289. The van der Waals surface area contributed by atoms with Crippen LogP contribution in [0.2, 0.25) is 5.02 Å². The number of nitrogens with two attached hydrogens (primary N) is 1. The van der Waals surface area contributed by atoms with Gasteiger partial charge >= 0.3 is 0 Å². The Balaban J connectivity index is 1.85. The van der Waals surface area contributed by atoms with Gasteiger partial charge in [-0.15, -0.1) is 0 Å². The molecule has 2 nitrogen and oxygen atoms in total. The third-order valence-corrected chi connectivity index (χ3v) is 3.72. The fourth-order valence-corrected chi connectivity index (χ4v) is 2.48. The Labute approximate surface area is 106 Å². The van der Waals surface area contributed by atoms with Gasteiger partial charge in [0.25, 0.3) is 0 Å². The highest BCUT2D eigenvalue weighted by molar-refractivity contribution is 6.31. The number of halogens is 2. The predicted molar refractivity (Wildman–Crippen MR) is 68.5 cm³/mol. The van der Waals surface area contributed by atoms with E-state index in [2.05, 4.69) is 5.32 Å². The lowest BCUT2D eigenvalue weighted by atomic mass is 9.92. The summed E-state index contributed by atoms with van der Waals surface area (Å²) in [5.74, 6) is -0.289. The van der Waals surface area contributed by atoms with Crippen LogP contribution in [-0.4, -0.2) is 12.1 Å². The van der Waals surface area contributed by atoms with Crippen molar-refractivity contribution in [3.63, 3.8) is 0 Å². The molecule has 1 aliphatic carbocycles. The maximum Gasteiger partial charge on any atom is 0.124 e. The molecular weight excluding hydrogens is 239 g/mol. The van der Waals surface area contributed by atoms with Gasteiger partial charge in [0, 0.05) is 23.7 Å². The molecule has 17 heavy (non-hydrogen) atoms. The zero-order valence-corrected chi connectivity index (χ0v) is 10.5. The highest BCUT2D eigenvalue weighted by Crippen LogP contribution is 2.20. The molecule has 0 heterocycles. The van der Waals surface area contributed by atoms with Crippen molar-refractivity contribution in [3.8, 4) is 0 Å². The summed E-state index contributed by atoms with van der Waals surface area (Å²) in [7, 11) is 0. The zero-order chi connectivity index (χ0) is 12.3. The van der Waals surface area contributed by atoms with E-state index in [1.165, 1.54) is 12.1 Å². The summed E-state index contributed by atoms with van der Waals surface area (Å²) in [6, 6.07) is 5.41. The van der Waals surface area contributed by atoms with Gasteiger partial charge in [0.15, 0.2) is 0 Å². The minimum Gasteiger partial charge on any atom is -0.328 e. The van der Waals surface area contributed by atoms with Crippen LogP contribution in [0.15, 0.2) is 18.2 Å². The highest BCUT2D eigenvalue weighted by Gasteiger charge is 2.17. The second kappa shape index (κ2) is 5.80. The summed E-state index contributed by atoms with van der Waals surface area (Å²) in [5.41, 5.74) is 6.80. The average molecular weight is 257 g/mol. The molecule has 0 amide bonds. The average Bonchev–Trinajstić information content (AvgIpc) is 2.30. The number of hydrogen-bond acceptors (Lipinski definition) is 2. The number of benzene rings is 1. The van der Waals surface area contributed by atoms with Crippen LogP contribution >= 0.6 is 11.6 Å². The molecule has 3 N–H and O–H groups in total. The van der Waals surface area contributed by atoms with Crippen LogP contribution in [0.1, 0.15) is 31.2 Å². The standard InChI is InChI=1S/C13H18ClFN2/c14-13-7-10(15)2-1-9(13)8-17-12-5-3-11(16)4-6-12/h1-2,7,11-12,17H,3-6,8,16H2. The fraction of sp³-hybridized carbons (Fsp3) is 0.538. The summed E-state index contributed by atoms with van der Waals surface area (Å²) in [6.45, 7) is 0.693. The van der Waals surface area contributed by atoms with Crippen molar-refractivity contribution in [2.75, 3.05) is 0 Å². The molecule has 0 unspecified atom stereocenters. The monoisotopic (exact) mass is 256 g/mol. The molecule has 1 fully saturated rings. The van der Waals surface area contributed by atoms with Crippen LogP contribution < -0.4 is 11.1 Å². The summed E-state index contributed by atoms with van der Waals surface area (Å²) in [6.07, 6.45) is 4.38. The smallest absolute Gasteiger partial charge is 0.124 e. The Hall–Kier alpha value is -0.640. The molecule has 0 saturated heterocycles. The normalized spacial score (nSPS) is 24.9. The Morgan fingerprint density at radius 2 is 2.00 bits per heavy atom. The van der Waals surface area contributed by atoms with Crippen LogP contribution in [0, 0.1) is 5.82 Å². The van der Waals surface area contributed by atoms with Crippen molar-refractivity contribution in [2.45, 2.75) is 44.3 Å². The van der Waals surface area contributed by atoms with E-state index in [0.29, 0.717) is 23.7 Å². The van der Waals surface area contributed by atoms with E-state index < -0.39 is 0 Å². The Kier molecular flexibility index (Phi) is 4.37. The first kappa shape index (κ1) is 12.8. The van der Waals surface area contributed by atoms with Crippen LogP contribution in [-0.2, 0) is 6.54 Å². The van der Waals surface area contributed by atoms with Crippen molar-refractivity contribution in [2.24, 2.45) is 5.73 Å². The van der Waals surface area contributed by atoms with Crippen molar-refractivity contribution in [1.29, 1.82) is 0 Å². The molecule has 0 atom stereocenters. The van der Waals surface area contributed by atoms with Crippen molar-refractivity contribution in [3.05, 3.63) is 34.6 Å². The Morgan fingerprint density at radius 3 is 2.65 bits per heavy atom. The van der Waals surface area contributed by atoms with E-state index in [-0.39, 0.29) is 5.82 Å². The molecule has 1 aromatic rings. The van der Waals surface area contributed by atoms with Gasteiger partial charge in [-0.2, -0.15) is 0 Å². The molecule has 0 aliphatic heterocycles. The number of rotatable bonds is 3. The molecular formula is C13H18ClFN2. The Bertz CT molecular complexity index is 376. The molecule has 4 heteroatoms. The van der Waals surface area contributed by atoms with Gasteiger partial charge in [-0.25, -0.2) is 4.39 Å². The minimum absolute atomic E-state index is 0.289. The van der Waals surface area contributed by atoms with Crippen molar-refractivity contribution in [1.82, 2.24) is 5.32 Å². The maximum absolute atomic E-state index is 12.9. The largest absolute Gasteiger partial charge is 0.328 e. The predicted octanol–water partition coefficient (Wildman–Crippen LogP) is 2.84. The fourth-order valence-electron chi connectivity index (χ4n) is 2.24. The second-order valence-corrected chi connectivity index (χ2v) is 5.14. The zero-order valence-electron chi connectivity index (χ0n) is 9.76. The van der Waals surface area contributed by atoms with E-state index in [9.17, 15) is 4.39 Å². The Morgan fingerprint density at radius 1 is 1.29 bits per heavy atom. The molecule has 0 aromatic heterocycles. The quantitative estimate of drug-likeness (QED) is 0.873. The molecule has 2 rings (SSSR count). The topological polar surface area (TPSA) is 38.0 Å². The van der Waals surface area contributed by atoms with E-state index in [1.54, 1.807) is 6.07 Å². The molecule has 1 saturated carbocycles. The van der Waals surface area contributed by atoms with E-state index in [4.69, 9.17) is 17.3 Å². The molecule has 1 aliphatic rings. The molecule has 1 aromatic carbocycles. The first-order chi connectivity index (χ1) is 8.15. The van der Waals surface area contributed by atoms with Gasteiger partial charge in [-0.1, -0.05) is 17.7 Å². The number of nitrogens with one attached hydrogen (secondary N) is 1. The molecule has 0 bridgehead atoms. The van der Waals surface area contributed by atoms with Crippen molar-refractivity contribution >= 4 is 11.6 Å². The summed E-state index contributed by atoms with van der Waals surface area (Å²) in [4.78, 5) is 0. The van der Waals surface area contributed by atoms with Crippen LogP contribution in [0.3, 0.4) is 0 Å². The van der Waals surface area contributed by atoms with Crippen LogP contribution in [0.5, 0.6) is 0 Å². The summed E-state index contributed by atoms with van der Waals surface area (Å²) in [5, 5.41) is 3.95. The van der Waals surface area contributed by atoms with Gasteiger partial charge in [0.05, 0.1) is 0 Å². The third kappa shape index (κ3) is 3.66. The summed E-state index contributed by atoms with van der Waals surface area (Å²) < 4.78 is 12.9. The van der Waals surface area contributed by atoms with Crippen LogP contribution in [0.25, 0.3) is 0 Å². The van der Waals surface area contributed by atoms with Gasteiger partial charge in [0.1, 0.15) is 5.82 Å². The molecule has 94 valence electrons. The maximum atomic E-state index is 12.9. The highest BCUT2D eigenvalue weighted by atomic mass is 35.5. The summed E-state index contributed by atoms with van der Waals surface area (Å²) >= 11 is 5.97. The van der Waals surface area contributed by atoms with Crippen LogP contribution in [0.4, 0.5) is 4.39 Å². The lowest BCUT2D eigenvalue weighted by Gasteiger charge is -2.27. The lowest BCUT2D eigenvalue weighted by molar-refractivity contribution is 0.342. The van der Waals surface area contributed by atoms with Gasteiger partial charge in [-0.3, -0.25) is 0 Å². The van der Waals surface area contributed by atoms with Gasteiger partial charge < -0.3 is 11.1 Å². The van der Waals surface area contributed by atoms with E-state index >= 15 is 0 Å². The number of hydrogen-bond donors (Lipinski definition) is 2. The van der Waals surface area contributed by atoms with E-state index in [0.717, 1.165) is 31.2 Å². The lowest BCUT2D eigenvalue weighted by Crippen LogP contribution is -2.37. The van der Waals surface area contributed by atoms with Crippen molar-refractivity contribution < 1.29 is 4.39 Å².